The number of carbonyl (C=O) groups excluding carboxylic acids is 4. The smallest absolute Gasteiger partial charge is 0.294 e. The molecule has 12 heteroatoms. The van der Waals surface area contributed by atoms with Crippen molar-refractivity contribution < 1.29 is 27.6 Å². The average molecular weight is 475 g/mol. The predicted molar refractivity (Wildman–Crippen MR) is 119 cm³/mol. The molecule has 0 saturated carbocycles. The molecular formula is C20H18N4O6S2. The van der Waals surface area contributed by atoms with Gasteiger partial charge in [0.05, 0.1) is 9.80 Å². The van der Waals surface area contributed by atoms with Crippen LogP contribution in [0.2, 0.25) is 0 Å². The summed E-state index contributed by atoms with van der Waals surface area (Å²) in [7, 11) is -3.87. The van der Waals surface area contributed by atoms with Crippen LogP contribution >= 0.6 is 11.8 Å². The molecule has 1 aliphatic heterocycles. The van der Waals surface area contributed by atoms with Crippen LogP contribution in [-0.4, -0.2) is 42.8 Å². The Morgan fingerprint density at radius 3 is 2.16 bits per heavy atom. The first-order chi connectivity index (χ1) is 15.0. The van der Waals surface area contributed by atoms with Gasteiger partial charge in [-0.2, -0.15) is 0 Å². The third-order valence-corrected chi connectivity index (χ3v) is 6.06. The summed E-state index contributed by atoms with van der Waals surface area (Å²) < 4.78 is 22.5. The summed E-state index contributed by atoms with van der Waals surface area (Å²) in [6, 6.07) is 12.1. The molecule has 10 nitrogen and oxygen atoms in total. The normalized spacial score (nSPS) is 15.2. The summed E-state index contributed by atoms with van der Waals surface area (Å²) in [5.41, 5.74) is 1.80. The standard InChI is InChI=1S/C20H18N4O6S2/c1-12-2-4-13(5-3-12)22-17(25)10-16-19(27)24(20(28)31-16)11-18(26)23-14-6-8-15(9-7-14)32(21,29)30/h2-10H,11H2,1H3,(H,22,25)(H,23,26)(H2,21,29,30)/b16-10-. The molecule has 32 heavy (non-hydrogen) atoms. The molecule has 0 unspecified atom stereocenters. The number of nitrogens with zero attached hydrogens (tertiary/aromatic N) is 1. The van der Waals surface area contributed by atoms with E-state index in [4.69, 9.17) is 5.14 Å². The maximum atomic E-state index is 12.5. The molecule has 0 atom stereocenters. The molecule has 2 aromatic carbocycles. The summed E-state index contributed by atoms with van der Waals surface area (Å²) >= 11 is 0.553. The van der Waals surface area contributed by atoms with Crippen molar-refractivity contribution in [1.82, 2.24) is 4.90 Å². The zero-order valence-corrected chi connectivity index (χ0v) is 18.3. The Labute approximate surface area is 187 Å². The first-order valence-electron chi connectivity index (χ1n) is 9.08. The van der Waals surface area contributed by atoms with Gasteiger partial charge >= 0.3 is 0 Å². The van der Waals surface area contributed by atoms with E-state index in [1.54, 1.807) is 12.1 Å². The number of benzene rings is 2. The molecule has 1 aliphatic rings. The first-order valence-corrected chi connectivity index (χ1v) is 11.4. The summed E-state index contributed by atoms with van der Waals surface area (Å²) in [6.45, 7) is 1.33. The van der Waals surface area contributed by atoms with E-state index in [1.165, 1.54) is 24.3 Å². The van der Waals surface area contributed by atoms with Gasteiger partial charge in [0.1, 0.15) is 6.54 Å². The zero-order chi connectivity index (χ0) is 23.5. The summed E-state index contributed by atoms with van der Waals surface area (Å²) in [4.78, 5) is 49.5. The quantitative estimate of drug-likeness (QED) is 0.539. The van der Waals surface area contributed by atoms with Crippen molar-refractivity contribution >= 4 is 56.1 Å². The van der Waals surface area contributed by atoms with E-state index in [0.717, 1.165) is 11.6 Å². The van der Waals surface area contributed by atoms with Crippen LogP contribution in [0.4, 0.5) is 16.2 Å². The molecule has 0 aromatic heterocycles. The Morgan fingerprint density at radius 2 is 1.56 bits per heavy atom. The number of nitrogens with one attached hydrogen (secondary N) is 2. The number of sulfonamides is 1. The van der Waals surface area contributed by atoms with Gasteiger partial charge in [-0.15, -0.1) is 0 Å². The first kappa shape index (κ1) is 23.2. The minimum atomic E-state index is -3.87. The highest BCUT2D eigenvalue weighted by molar-refractivity contribution is 8.18. The molecule has 1 heterocycles. The minimum absolute atomic E-state index is 0.107. The van der Waals surface area contributed by atoms with E-state index in [-0.39, 0.29) is 15.5 Å². The largest absolute Gasteiger partial charge is 0.325 e. The lowest BCUT2D eigenvalue weighted by atomic mass is 10.2. The number of hydrogen-bond acceptors (Lipinski definition) is 7. The SMILES string of the molecule is Cc1ccc(NC(=O)/C=C2\SC(=O)N(CC(=O)Nc3ccc(S(N)(=O)=O)cc3)C2=O)cc1. The van der Waals surface area contributed by atoms with E-state index in [1.807, 2.05) is 19.1 Å². The Hall–Kier alpha value is -3.48. The van der Waals surface area contributed by atoms with E-state index < -0.39 is 39.5 Å². The van der Waals surface area contributed by atoms with Gasteiger partial charge in [0, 0.05) is 17.5 Å². The number of carbonyl (C=O) groups is 4. The van der Waals surface area contributed by atoms with Crippen LogP contribution in [0.25, 0.3) is 0 Å². The highest BCUT2D eigenvalue weighted by atomic mass is 32.2. The highest BCUT2D eigenvalue weighted by Crippen LogP contribution is 2.30. The number of anilines is 2. The maximum absolute atomic E-state index is 12.5. The average Bonchev–Trinajstić information content (AvgIpc) is 2.96. The van der Waals surface area contributed by atoms with Crippen molar-refractivity contribution in [2.24, 2.45) is 5.14 Å². The molecule has 1 saturated heterocycles. The second kappa shape index (κ2) is 9.34. The second-order valence-electron chi connectivity index (χ2n) is 6.74. The third-order valence-electron chi connectivity index (χ3n) is 4.22. The lowest BCUT2D eigenvalue weighted by Crippen LogP contribution is -2.36. The molecule has 3 rings (SSSR count). The molecule has 2 aromatic rings. The van der Waals surface area contributed by atoms with Crippen LogP contribution < -0.4 is 15.8 Å². The molecule has 4 amide bonds. The monoisotopic (exact) mass is 474 g/mol. The number of aryl methyl sites for hydroxylation is 1. The maximum Gasteiger partial charge on any atom is 0.294 e. The van der Waals surface area contributed by atoms with Crippen LogP contribution in [0.1, 0.15) is 5.56 Å². The van der Waals surface area contributed by atoms with Crippen molar-refractivity contribution in [2.75, 3.05) is 17.2 Å². The number of amides is 4. The number of rotatable bonds is 6. The fraction of sp³-hybridized carbons (Fsp3) is 0.100. The van der Waals surface area contributed by atoms with E-state index in [2.05, 4.69) is 10.6 Å². The summed E-state index contributed by atoms with van der Waals surface area (Å²) in [5.74, 6) is -2.03. The lowest BCUT2D eigenvalue weighted by Gasteiger charge is -2.12. The number of primary sulfonamides is 1. The molecule has 1 fully saturated rings. The molecule has 0 spiro atoms. The van der Waals surface area contributed by atoms with Crippen molar-refractivity contribution in [2.45, 2.75) is 11.8 Å². The van der Waals surface area contributed by atoms with Gasteiger partial charge in [-0.25, -0.2) is 13.6 Å². The predicted octanol–water partition coefficient (Wildman–Crippen LogP) is 1.80. The van der Waals surface area contributed by atoms with Gasteiger partial charge in [0.2, 0.25) is 21.8 Å². The molecule has 4 N–H and O–H groups in total. The Kier molecular flexibility index (Phi) is 6.77. The Morgan fingerprint density at radius 1 is 1.00 bits per heavy atom. The summed E-state index contributed by atoms with van der Waals surface area (Å²) in [5, 5.41) is 9.37. The minimum Gasteiger partial charge on any atom is -0.325 e. The number of nitrogens with two attached hydrogens (primary N) is 1. The fourth-order valence-corrected chi connectivity index (χ4v) is 3.97. The van der Waals surface area contributed by atoms with Gasteiger partial charge in [0.15, 0.2) is 0 Å². The van der Waals surface area contributed by atoms with Crippen LogP contribution in [0.3, 0.4) is 0 Å². The van der Waals surface area contributed by atoms with E-state index in [9.17, 15) is 27.6 Å². The van der Waals surface area contributed by atoms with Crippen molar-refractivity contribution in [3.63, 3.8) is 0 Å². The topological polar surface area (TPSA) is 156 Å². The lowest BCUT2D eigenvalue weighted by molar-refractivity contribution is -0.127. The Bertz CT molecular complexity index is 1220. The fourth-order valence-electron chi connectivity index (χ4n) is 2.64. The van der Waals surface area contributed by atoms with E-state index >= 15 is 0 Å². The molecule has 0 bridgehead atoms. The van der Waals surface area contributed by atoms with Crippen LogP contribution in [0, 0.1) is 6.92 Å². The van der Waals surface area contributed by atoms with Gasteiger partial charge in [-0.05, 0) is 55.1 Å². The molecule has 166 valence electrons. The second-order valence-corrected chi connectivity index (χ2v) is 9.30. The van der Waals surface area contributed by atoms with Crippen LogP contribution in [0.15, 0.2) is 64.4 Å². The van der Waals surface area contributed by atoms with E-state index in [0.29, 0.717) is 22.3 Å². The van der Waals surface area contributed by atoms with Crippen LogP contribution in [-0.2, 0) is 24.4 Å². The van der Waals surface area contributed by atoms with Gasteiger partial charge in [-0.1, -0.05) is 17.7 Å². The highest BCUT2D eigenvalue weighted by Gasteiger charge is 2.36. The van der Waals surface area contributed by atoms with Gasteiger partial charge < -0.3 is 10.6 Å². The number of hydrogen-bond donors (Lipinski definition) is 3. The number of thioether (sulfide) groups is 1. The molecule has 0 aliphatic carbocycles. The van der Waals surface area contributed by atoms with Crippen molar-refractivity contribution in [1.29, 1.82) is 0 Å². The summed E-state index contributed by atoms with van der Waals surface area (Å²) in [6.07, 6.45) is 1.01. The molecular weight excluding hydrogens is 456 g/mol. The third kappa shape index (κ3) is 5.81. The van der Waals surface area contributed by atoms with Gasteiger partial charge in [0.25, 0.3) is 11.1 Å². The number of imide groups is 1. The van der Waals surface area contributed by atoms with Crippen LogP contribution in [0.5, 0.6) is 0 Å². The van der Waals surface area contributed by atoms with Crippen molar-refractivity contribution in [3.05, 3.63) is 65.1 Å². The van der Waals surface area contributed by atoms with Gasteiger partial charge in [-0.3, -0.25) is 24.1 Å². The van der Waals surface area contributed by atoms with Crippen molar-refractivity contribution in [3.8, 4) is 0 Å². The zero-order valence-electron chi connectivity index (χ0n) is 16.7. The Balaban J connectivity index is 1.61. The molecule has 0 radical (unpaired) electrons.